The minimum Gasteiger partial charge on any atom is -0.383 e. The van der Waals surface area contributed by atoms with E-state index in [9.17, 15) is 0 Å². The van der Waals surface area contributed by atoms with Gasteiger partial charge in [0.1, 0.15) is 0 Å². The number of halogens is 1. The maximum Gasteiger partial charge on any atom is 0.191 e. The Hall–Kier alpha value is -1.50. The van der Waals surface area contributed by atoms with Crippen LogP contribution in [0.2, 0.25) is 5.02 Å². The van der Waals surface area contributed by atoms with Crippen LogP contribution in [0.1, 0.15) is 12.8 Å². The molecule has 0 spiro atoms. The molecule has 0 aliphatic carbocycles. The van der Waals surface area contributed by atoms with Gasteiger partial charge >= 0.3 is 0 Å². The molecule has 1 heterocycles. The van der Waals surface area contributed by atoms with E-state index in [1.165, 1.54) is 5.69 Å². The van der Waals surface area contributed by atoms with Crippen LogP contribution in [-0.2, 0) is 4.74 Å². The summed E-state index contributed by atoms with van der Waals surface area (Å²) in [5.74, 6) is 0.877. The van der Waals surface area contributed by atoms with Gasteiger partial charge in [0.15, 0.2) is 5.96 Å². The fraction of sp³-hybridized carbons (Fsp3) is 0.632. The van der Waals surface area contributed by atoms with Gasteiger partial charge in [-0.3, -0.25) is 4.99 Å². The van der Waals surface area contributed by atoms with Gasteiger partial charge in [-0.1, -0.05) is 17.7 Å². The van der Waals surface area contributed by atoms with Gasteiger partial charge in [-0.05, 0) is 44.6 Å². The first-order valence-corrected chi connectivity index (χ1v) is 9.65. The second kappa shape index (κ2) is 11.3. The molecule has 0 radical (unpaired) electrons. The van der Waals surface area contributed by atoms with Crippen molar-refractivity contribution in [3.05, 3.63) is 29.3 Å². The van der Waals surface area contributed by atoms with Crippen LogP contribution in [0.4, 0.5) is 5.69 Å². The van der Waals surface area contributed by atoms with Crippen LogP contribution in [-0.4, -0.2) is 77.4 Å². The largest absolute Gasteiger partial charge is 0.383 e. The zero-order chi connectivity index (χ0) is 18.8. The normalized spacial score (nSPS) is 17.8. The molecule has 2 rings (SSSR count). The first-order chi connectivity index (χ1) is 12.6. The summed E-state index contributed by atoms with van der Waals surface area (Å²) in [6.45, 7) is 5.67. The summed E-state index contributed by atoms with van der Waals surface area (Å²) >= 11 is 6.11. The smallest absolute Gasteiger partial charge is 0.191 e. The highest BCUT2D eigenvalue weighted by Gasteiger charge is 2.23. The number of likely N-dealkylation sites (N-methyl/N-ethyl adjacent to an activating group) is 1. The molecule has 1 saturated heterocycles. The van der Waals surface area contributed by atoms with Gasteiger partial charge in [-0.15, -0.1) is 0 Å². The zero-order valence-electron chi connectivity index (χ0n) is 16.2. The van der Waals surface area contributed by atoms with Crippen molar-refractivity contribution in [3.63, 3.8) is 0 Å². The number of guanidine groups is 1. The predicted octanol–water partition coefficient (Wildman–Crippen LogP) is 2.05. The summed E-state index contributed by atoms with van der Waals surface area (Å²) in [5.41, 5.74) is 1.18. The lowest BCUT2D eigenvalue weighted by molar-refractivity contribution is 0.161. The highest BCUT2D eigenvalue weighted by atomic mass is 35.5. The van der Waals surface area contributed by atoms with Gasteiger partial charge in [0.05, 0.1) is 6.61 Å². The second-order valence-electron chi connectivity index (χ2n) is 6.70. The maximum absolute atomic E-state index is 6.11. The monoisotopic (exact) mass is 381 g/mol. The Morgan fingerprint density at radius 1 is 1.42 bits per heavy atom. The van der Waals surface area contributed by atoms with E-state index in [0.717, 1.165) is 63.2 Å². The van der Waals surface area contributed by atoms with E-state index in [2.05, 4.69) is 38.5 Å². The first kappa shape index (κ1) is 20.8. The molecule has 1 aromatic carbocycles. The number of ether oxygens (including phenoxy) is 1. The predicted molar refractivity (Wildman–Crippen MR) is 111 cm³/mol. The fourth-order valence-corrected chi connectivity index (χ4v) is 3.27. The SMILES string of the molecule is CN=C(NCCCN(C)CCOC)NC1CCN(c2cccc(Cl)c2)C1. The molecule has 1 unspecified atom stereocenters. The lowest BCUT2D eigenvalue weighted by Gasteiger charge is -2.21. The van der Waals surface area contributed by atoms with Gasteiger partial charge in [0.25, 0.3) is 0 Å². The number of benzene rings is 1. The number of rotatable bonds is 9. The van der Waals surface area contributed by atoms with E-state index in [0.29, 0.717) is 6.04 Å². The van der Waals surface area contributed by atoms with Crippen molar-refractivity contribution < 1.29 is 4.74 Å². The Labute approximate surface area is 162 Å². The number of aliphatic imine (C=N–C) groups is 1. The van der Waals surface area contributed by atoms with Crippen LogP contribution >= 0.6 is 11.6 Å². The summed E-state index contributed by atoms with van der Waals surface area (Å²) in [5, 5.41) is 7.73. The number of hydrogen-bond donors (Lipinski definition) is 2. The minimum atomic E-state index is 0.393. The van der Waals surface area contributed by atoms with E-state index in [4.69, 9.17) is 16.3 Å². The average molecular weight is 382 g/mol. The third-order valence-electron chi connectivity index (χ3n) is 4.61. The number of hydrogen-bond acceptors (Lipinski definition) is 4. The Kier molecular flexibility index (Phi) is 9.01. The molecular weight excluding hydrogens is 350 g/mol. The Balaban J connectivity index is 1.68. The summed E-state index contributed by atoms with van der Waals surface area (Å²) in [7, 11) is 5.68. The van der Waals surface area contributed by atoms with Gasteiger partial charge in [0, 0.05) is 57.1 Å². The topological polar surface area (TPSA) is 52.1 Å². The van der Waals surface area contributed by atoms with Gasteiger partial charge in [-0.25, -0.2) is 0 Å². The molecule has 1 aliphatic heterocycles. The molecule has 1 aromatic rings. The van der Waals surface area contributed by atoms with Gasteiger partial charge < -0.3 is 25.2 Å². The number of nitrogens with zero attached hydrogens (tertiary/aromatic N) is 3. The van der Waals surface area contributed by atoms with Crippen molar-refractivity contribution in [2.24, 2.45) is 4.99 Å². The van der Waals surface area contributed by atoms with Crippen molar-refractivity contribution in [2.45, 2.75) is 18.9 Å². The molecule has 26 heavy (non-hydrogen) atoms. The standard InChI is InChI=1S/C19H32ClN5O/c1-21-19(22-9-5-10-24(2)12-13-26-3)23-17-8-11-25(15-17)18-7-4-6-16(20)14-18/h4,6-7,14,17H,5,8-13,15H2,1-3H3,(H2,21,22,23). The summed E-state index contributed by atoms with van der Waals surface area (Å²) < 4.78 is 5.10. The highest BCUT2D eigenvalue weighted by Crippen LogP contribution is 2.23. The van der Waals surface area contributed by atoms with E-state index in [-0.39, 0.29) is 0 Å². The third kappa shape index (κ3) is 7.02. The minimum absolute atomic E-state index is 0.393. The van der Waals surface area contributed by atoms with Crippen molar-refractivity contribution in [2.75, 3.05) is 65.4 Å². The van der Waals surface area contributed by atoms with Crippen LogP contribution < -0.4 is 15.5 Å². The number of anilines is 1. The van der Waals surface area contributed by atoms with Crippen LogP contribution in [0.3, 0.4) is 0 Å². The average Bonchev–Trinajstić information content (AvgIpc) is 3.11. The van der Waals surface area contributed by atoms with Crippen LogP contribution in [0.5, 0.6) is 0 Å². The van der Waals surface area contributed by atoms with Gasteiger partial charge in [0.2, 0.25) is 0 Å². The molecule has 1 aliphatic rings. The number of methoxy groups -OCH3 is 1. The van der Waals surface area contributed by atoms with Crippen molar-refractivity contribution in [1.82, 2.24) is 15.5 Å². The summed E-state index contributed by atoms with van der Waals surface area (Å²) in [6.07, 6.45) is 2.16. The summed E-state index contributed by atoms with van der Waals surface area (Å²) in [4.78, 5) is 8.99. The fourth-order valence-electron chi connectivity index (χ4n) is 3.09. The third-order valence-corrected chi connectivity index (χ3v) is 4.85. The second-order valence-corrected chi connectivity index (χ2v) is 7.14. The lowest BCUT2D eigenvalue weighted by atomic mass is 10.2. The maximum atomic E-state index is 6.11. The van der Waals surface area contributed by atoms with E-state index in [1.807, 2.05) is 25.2 Å². The Morgan fingerprint density at radius 3 is 3.00 bits per heavy atom. The lowest BCUT2D eigenvalue weighted by Crippen LogP contribution is -2.45. The molecule has 146 valence electrons. The van der Waals surface area contributed by atoms with E-state index < -0.39 is 0 Å². The van der Waals surface area contributed by atoms with E-state index in [1.54, 1.807) is 7.11 Å². The van der Waals surface area contributed by atoms with Crippen LogP contribution in [0.25, 0.3) is 0 Å². The van der Waals surface area contributed by atoms with Crippen molar-refractivity contribution >= 4 is 23.2 Å². The molecule has 0 saturated carbocycles. The molecule has 1 fully saturated rings. The van der Waals surface area contributed by atoms with Crippen molar-refractivity contribution in [3.8, 4) is 0 Å². The molecule has 1 atom stereocenters. The molecule has 0 aromatic heterocycles. The molecule has 0 bridgehead atoms. The quantitative estimate of drug-likeness (QED) is 0.389. The first-order valence-electron chi connectivity index (χ1n) is 9.27. The molecule has 0 amide bonds. The van der Waals surface area contributed by atoms with Gasteiger partial charge in [-0.2, -0.15) is 0 Å². The van der Waals surface area contributed by atoms with Crippen LogP contribution in [0.15, 0.2) is 29.3 Å². The molecule has 2 N–H and O–H groups in total. The number of nitrogens with one attached hydrogen (secondary N) is 2. The molecular formula is C19H32ClN5O. The molecule has 6 nitrogen and oxygen atoms in total. The molecule has 7 heteroatoms. The van der Waals surface area contributed by atoms with E-state index >= 15 is 0 Å². The highest BCUT2D eigenvalue weighted by molar-refractivity contribution is 6.30. The summed E-state index contributed by atoms with van der Waals surface area (Å²) in [6, 6.07) is 8.45. The Bertz CT molecular complexity index is 569. The zero-order valence-corrected chi connectivity index (χ0v) is 16.9. The van der Waals surface area contributed by atoms with Crippen molar-refractivity contribution in [1.29, 1.82) is 0 Å². The van der Waals surface area contributed by atoms with Crippen LogP contribution in [0, 0.1) is 0 Å². The Morgan fingerprint density at radius 2 is 2.27 bits per heavy atom.